The van der Waals surface area contributed by atoms with Crippen LogP contribution in [0.3, 0.4) is 0 Å². The maximum atomic E-state index is 12.3. The minimum absolute atomic E-state index is 0.0444. The number of anilines is 1. The topological polar surface area (TPSA) is 251 Å². The first-order valence-corrected chi connectivity index (χ1v) is 26.1. The second kappa shape index (κ2) is 24.0. The molecule has 2 aromatic carbocycles. The number of aryl methyl sites for hydroxylation is 2. The Morgan fingerprint density at radius 1 is 0.986 bits per heavy atom. The summed E-state index contributed by atoms with van der Waals surface area (Å²) in [6.45, 7) is 3.68. The molecule has 6 heterocycles. The summed E-state index contributed by atoms with van der Waals surface area (Å²) < 4.78 is 25.3. The number of nitrogens with two attached hydrogens (primary N) is 1. The van der Waals surface area contributed by atoms with Gasteiger partial charge in [-0.15, -0.1) is 0 Å². The Labute approximate surface area is 432 Å². The number of aliphatic imine (C=N–C) groups is 2. The first kappa shape index (κ1) is 52.0. The number of aliphatic hydroxyl groups excluding tert-OH is 1. The number of nitrogens with zero attached hydrogens (tertiary/aromatic N) is 5. The summed E-state index contributed by atoms with van der Waals surface area (Å²) in [6.07, 6.45) is 16.2. The molecule has 9 N–H and O–H groups in total. The lowest BCUT2D eigenvalue weighted by Crippen LogP contribution is -2.74. The normalized spacial score (nSPS) is 24.9. The molecule has 7 atom stereocenters. The molecule has 5 aliphatic rings. The number of guanidine groups is 1. The van der Waals surface area contributed by atoms with Crippen LogP contribution < -0.4 is 31.2 Å². The average Bonchev–Trinajstić information content (AvgIpc) is 4.00. The summed E-state index contributed by atoms with van der Waals surface area (Å²) in [4.78, 5) is 32.9. The fourth-order valence-corrected chi connectivity index (χ4v) is 11.5. The van der Waals surface area contributed by atoms with E-state index in [-0.39, 0.29) is 60.5 Å². The molecule has 4 aliphatic heterocycles. The number of pyridine rings is 2. The summed E-state index contributed by atoms with van der Waals surface area (Å²) in [5.41, 5.74) is 12.5. The Morgan fingerprint density at radius 2 is 1.86 bits per heavy atom. The summed E-state index contributed by atoms with van der Waals surface area (Å²) in [5.74, 6) is 0.792. The lowest BCUT2D eigenvalue weighted by Gasteiger charge is -2.55. The molecular formula is C56H71N9O9. The number of allylic oxidation sites excluding steroid dienone is 2. The molecule has 394 valence electrons. The van der Waals surface area contributed by atoms with Crippen molar-refractivity contribution in [2.24, 2.45) is 15.9 Å². The molecule has 18 nitrogen and oxygen atoms in total. The molecule has 1 saturated carbocycles. The van der Waals surface area contributed by atoms with Gasteiger partial charge >= 0.3 is 5.97 Å². The minimum atomic E-state index is -0.561. The van der Waals surface area contributed by atoms with E-state index >= 15 is 0 Å². The molecule has 2 saturated heterocycles. The fourth-order valence-electron chi connectivity index (χ4n) is 11.5. The SMILES string of the molecule is CNC[C@H]1[C@H](N2CC3=NC=CC3=C2CCCO)NC(=NCCCc2ccnc(N)c2)N[C@@]12CCC[C@H](Oc1cc(CC[C@H]3C[C@@H](OC(C)=O)C[C@@H](c4cc(O)c(O)c(OCCc5cccnc5)c4)O3)ccc1O)C2. The van der Waals surface area contributed by atoms with Crippen molar-refractivity contribution >= 4 is 23.5 Å². The zero-order valence-electron chi connectivity index (χ0n) is 42.4. The third-order valence-electron chi connectivity index (χ3n) is 14.9. The van der Waals surface area contributed by atoms with Gasteiger partial charge < -0.3 is 66.0 Å². The monoisotopic (exact) mass is 1010 g/mol. The van der Waals surface area contributed by atoms with Crippen LogP contribution in [0.15, 0.2) is 107 Å². The van der Waals surface area contributed by atoms with E-state index in [9.17, 15) is 25.2 Å². The molecule has 1 aliphatic carbocycles. The zero-order valence-corrected chi connectivity index (χ0v) is 42.4. The van der Waals surface area contributed by atoms with E-state index in [2.05, 4.69) is 36.9 Å². The van der Waals surface area contributed by atoms with Gasteiger partial charge in [0.2, 0.25) is 5.75 Å². The number of phenolic OH excluding ortho intramolecular Hbond substituents is 3. The van der Waals surface area contributed by atoms with Crippen LogP contribution >= 0.6 is 0 Å². The van der Waals surface area contributed by atoms with E-state index in [1.165, 1.54) is 18.7 Å². The summed E-state index contributed by atoms with van der Waals surface area (Å²) in [7, 11) is 1.99. The highest BCUT2D eigenvalue weighted by Crippen LogP contribution is 2.45. The van der Waals surface area contributed by atoms with Crippen LogP contribution in [-0.4, -0.2) is 123 Å². The molecule has 9 rings (SSSR count). The number of aliphatic hydroxyl groups is 1. The van der Waals surface area contributed by atoms with Gasteiger partial charge in [0.1, 0.15) is 24.2 Å². The number of benzene rings is 2. The Balaban J connectivity index is 0.906. The molecule has 4 aromatic rings. The second-order valence-corrected chi connectivity index (χ2v) is 20.1. The predicted octanol–water partition coefficient (Wildman–Crippen LogP) is 6.30. The molecule has 3 fully saturated rings. The number of rotatable bonds is 21. The van der Waals surface area contributed by atoms with Crippen LogP contribution in [0.2, 0.25) is 0 Å². The van der Waals surface area contributed by atoms with E-state index < -0.39 is 23.7 Å². The number of phenols is 3. The second-order valence-electron chi connectivity index (χ2n) is 20.1. The quantitative estimate of drug-likeness (QED) is 0.0259. The van der Waals surface area contributed by atoms with E-state index in [0.29, 0.717) is 81.7 Å². The van der Waals surface area contributed by atoms with E-state index in [0.717, 1.165) is 72.5 Å². The summed E-state index contributed by atoms with van der Waals surface area (Å²) >= 11 is 0. The molecule has 0 unspecified atom stereocenters. The third kappa shape index (κ3) is 12.5. The van der Waals surface area contributed by atoms with Crippen LogP contribution in [0.25, 0.3) is 0 Å². The van der Waals surface area contributed by atoms with Crippen molar-refractivity contribution in [2.45, 2.75) is 127 Å². The van der Waals surface area contributed by atoms with Gasteiger partial charge in [-0.25, -0.2) is 4.98 Å². The van der Waals surface area contributed by atoms with Crippen LogP contribution in [-0.2, 0) is 33.5 Å². The maximum absolute atomic E-state index is 12.3. The van der Waals surface area contributed by atoms with E-state index in [4.69, 9.17) is 34.7 Å². The Kier molecular flexibility index (Phi) is 16.8. The third-order valence-corrected chi connectivity index (χ3v) is 14.9. The Hall–Kier alpha value is -6.89. The van der Waals surface area contributed by atoms with Crippen molar-refractivity contribution in [2.75, 3.05) is 45.6 Å². The number of hydrogen-bond acceptors (Lipinski definition) is 16. The highest BCUT2D eigenvalue weighted by atomic mass is 16.6. The largest absolute Gasteiger partial charge is 0.504 e. The fraction of sp³-hybridized carbons (Fsp3) is 0.482. The van der Waals surface area contributed by atoms with Crippen LogP contribution in [0, 0.1) is 5.92 Å². The Morgan fingerprint density at radius 3 is 2.68 bits per heavy atom. The number of carbonyl (C=O) groups excluding carboxylic acids is 1. The maximum Gasteiger partial charge on any atom is 0.302 e. The molecule has 0 radical (unpaired) electrons. The smallest absolute Gasteiger partial charge is 0.302 e. The first-order valence-electron chi connectivity index (χ1n) is 26.1. The first-order chi connectivity index (χ1) is 36.0. The van der Waals surface area contributed by atoms with Gasteiger partial charge in [-0.05, 0) is 136 Å². The van der Waals surface area contributed by atoms with Crippen molar-refractivity contribution in [1.29, 1.82) is 0 Å². The molecule has 0 amide bonds. The van der Waals surface area contributed by atoms with Crippen molar-refractivity contribution < 1.29 is 44.2 Å². The molecular weight excluding hydrogens is 943 g/mol. The summed E-state index contributed by atoms with van der Waals surface area (Å²) in [5, 5.41) is 54.1. The Bertz CT molecular complexity index is 2720. The van der Waals surface area contributed by atoms with Crippen molar-refractivity contribution in [1.82, 2.24) is 30.8 Å². The zero-order chi connectivity index (χ0) is 51.6. The number of nitrogens with one attached hydrogen (secondary N) is 3. The lowest BCUT2D eigenvalue weighted by atomic mass is 9.69. The average molecular weight is 1010 g/mol. The van der Waals surface area contributed by atoms with Gasteiger partial charge in [0, 0.05) is 94.3 Å². The van der Waals surface area contributed by atoms with Gasteiger partial charge in [0.05, 0.1) is 36.6 Å². The number of aromatic nitrogens is 2. The van der Waals surface area contributed by atoms with Gasteiger partial charge in [-0.3, -0.25) is 19.8 Å². The number of nitrogen functional groups attached to an aromatic ring is 1. The predicted molar refractivity (Wildman–Crippen MR) is 281 cm³/mol. The van der Waals surface area contributed by atoms with Crippen LogP contribution in [0.4, 0.5) is 5.82 Å². The van der Waals surface area contributed by atoms with Gasteiger partial charge in [0.15, 0.2) is 29.0 Å². The standard InChI is InChI=1S/C56H71N9O9/c1-35(67)72-42-29-40(73-49(30-42)39-27-48(69)53(70)51(28-39)71-24-17-38-8-4-19-59-32-38)13-11-37-12-14-47(68)50(25-37)74-41-9-3-18-56(31-41)44(33-58-2)54(65-34-45-43(16-22-60-45)46(65)10-6-23-66)63-55(64-56)62-20-5-7-36-15-21-61-52(57)26-36/h4,8,12,14-16,19,21-22,25-28,32,40-42,44,49,54,58,66,68-70H,3,5-7,9-11,13,17-18,20,23-24,29-31,33-34H2,1-2H3,(H2,57,61)(H2,62,63,64)/t40-,41-,42+,44-,49-,54-,56+/m0/s1. The molecule has 0 bridgehead atoms. The van der Waals surface area contributed by atoms with E-state index in [1.807, 2.05) is 49.6 Å². The number of carbonyl (C=O) groups is 1. The van der Waals surface area contributed by atoms with Gasteiger partial charge in [-0.1, -0.05) is 12.1 Å². The molecule has 1 spiro atoms. The van der Waals surface area contributed by atoms with Crippen molar-refractivity contribution in [3.8, 4) is 28.7 Å². The number of ether oxygens (including phenoxy) is 4. The number of aromatic hydroxyl groups is 3. The molecule has 18 heteroatoms. The van der Waals surface area contributed by atoms with Crippen LogP contribution in [0.5, 0.6) is 28.7 Å². The number of esters is 1. The molecule has 2 aromatic heterocycles. The van der Waals surface area contributed by atoms with E-state index in [1.54, 1.807) is 30.7 Å². The van der Waals surface area contributed by atoms with Crippen molar-refractivity contribution in [3.05, 3.63) is 119 Å². The number of fused-ring (bicyclic) bond motifs is 1. The van der Waals surface area contributed by atoms with Crippen molar-refractivity contribution in [3.63, 3.8) is 0 Å². The highest BCUT2D eigenvalue weighted by molar-refractivity contribution is 6.09. The highest BCUT2D eigenvalue weighted by Gasteiger charge is 2.53. The van der Waals surface area contributed by atoms with Gasteiger partial charge in [0.25, 0.3) is 0 Å². The van der Waals surface area contributed by atoms with Crippen LogP contribution in [0.1, 0.15) is 99.5 Å². The minimum Gasteiger partial charge on any atom is -0.504 e. The molecule has 74 heavy (non-hydrogen) atoms. The number of hydrogen-bond donors (Lipinski definition) is 8. The lowest BCUT2D eigenvalue weighted by molar-refractivity contribution is -0.160. The summed E-state index contributed by atoms with van der Waals surface area (Å²) in [6, 6.07) is 16.3. The van der Waals surface area contributed by atoms with Gasteiger partial charge in [-0.2, -0.15) is 0 Å².